The van der Waals surface area contributed by atoms with Crippen LogP contribution in [0.5, 0.6) is 0 Å². The molecule has 4 heterocycles. The van der Waals surface area contributed by atoms with Gasteiger partial charge in [-0.1, -0.05) is 54.4 Å². The molecule has 0 radical (unpaired) electrons. The Morgan fingerprint density at radius 2 is 1.48 bits per heavy atom. The molecule has 1 aliphatic carbocycles. The van der Waals surface area contributed by atoms with Gasteiger partial charge in [-0.25, -0.2) is 26.4 Å². The molecule has 2 atom stereocenters. The van der Waals surface area contributed by atoms with E-state index in [-0.39, 0.29) is 11.0 Å². The Balaban J connectivity index is 0.816. The van der Waals surface area contributed by atoms with Crippen LogP contribution in [0.4, 0.5) is 24.5 Å². The monoisotopic (exact) mass is 1220 g/mol. The number of piperazine rings is 2. The number of nitrogens with zero attached hydrogens (tertiary/aromatic N) is 6. The highest BCUT2D eigenvalue weighted by molar-refractivity contribution is 7.99. The predicted molar refractivity (Wildman–Crippen MR) is 318 cm³/mol. The van der Waals surface area contributed by atoms with Gasteiger partial charge < -0.3 is 29.5 Å². The summed E-state index contributed by atoms with van der Waals surface area (Å²) >= 11 is 7.80. The number of hydrogen-bond donors (Lipinski definition) is 2. The van der Waals surface area contributed by atoms with Gasteiger partial charge in [0, 0.05) is 137 Å². The molecule has 23 heteroatoms. The number of halogens is 4. The van der Waals surface area contributed by atoms with E-state index < -0.39 is 58.8 Å². The second-order valence-electron chi connectivity index (χ2n) is 22.1. The van der Waals surface area contributed by atoms with Gasteiger partial charge in [0.15, 0.2) is 0 Å². The van der Waals surface area contributed by atoms with E-state index in [0.717, 1.165) is 120 Å². The standard InChI is InChI=1S/C60H72ClF3N8O8S3/c1-59(43-71-28-26-70(27-29-71)41-49-16-11-46(39-65-49)58(74)79-2)23-21-54(44-9-14-48(61)15-10-44)47(38-59)40-69-30-32-72(33-31-69)51-17-12-45(13-18-51)57(73)67-83(77,78)53-19-20-55(56(37-53)82(75,76)60(62,63)64)66-50(42-81-52-7-4-3-5-8-52)22-25-68-24-6-35-80-36-34-68/h3-5,7-20,37,39,50,66H,6,21-36,38,40-43H2,1-2H3,(H,67,73)/t50-,59-/m1/s1. The molecule has 0 spiro atoms. The van der Waals surface area contributed by atoms with Gasteiger partial charge in [-0.3, -0.25) is 19.6 Å². The van der Waals surface area contributed by atoms with Gasteiger partial charge >= 0.3 is 11.5 Å². The molecule has 2 N–H and O–H groups in total. The zero-order chi connectivity index (χ0) is 58.8. The van der Waals surface area contributed by atoms with Gasteiger partial charge in [0.2, 0.25) is 0 Å². The summed E-state index contributed by atoms with van der Waals surface area (Å²) in [6.45, 7) is 14.8. The summed E-state index contributed by atoms with van der Waals surface area (Å²) in [5.41, 5.74) is 0.0615. The fourth-order valence-electron chi connectivity index (χ4n) is 11.4. The topological polar surface area (TPSA) is 174 Å². The van der Waals surface area contributed by atoms with Crippen LogP contribution in [0.15, 0.2) is 136 Å². The van der Waals surface area contributed by atoms with E-state index in [0.29, 0.717) is 68.2 Å². The van der Waals surface area contributed by atoms with Crippen molar-refractivity contribution in [3.8, 4) is 0 Å². The Labute approximate surface area is 494 Å². The molecule has 9 rings (SSSR count). The lowest BCUT2D eigenvalue weighted by Gasteiger charge is -2.44. The number of carbonyl (C=O) groups excluding carboxylic acids is 2. The average molecular weight is 1220 g/mol. The van der Waals surface area contributed by atoms with Crippen molar-refractivity contribution in [3.05, 3.63) is 148 Å². The van der Waals surface area contributed by atoms with Crippen molar-refractivity contribution >= 4 is 72.0 Å². The largest absolute Gasteiger partial charge is 0.501 e. The van der Waals surface area contributed by atoms with Gasteiger partial charge in [0.25, 0.3) is 25.8 Å². The second-order valence-corrected chi connectivity index (χ2v) is 27.2. The van der Waals surface area contributed by atoms with Crippen LogP contribution in [-0.2, 0) is 35.9 Å². The maximum atomic E-state index is 14.3. The maximum Gasteiger partial charge on any atom is 0.501 e. The number of hydrogen-bond acceptors (Lipinski definition) is 16. The number of methoxy groups -OCH3 is 1. The zero-order valence-electron chi connectivity index (χ0n) is 46.8. The first kappa shape index (κ1) is 62.0. The second kappa shape index (κ2) is 27.6. The lowest BCUT2D eigenvalue weighted by atomic mass is 9.71. The summed E-state index contributed by atoms with van der Waals surface area (Å²) in [4.78, 5) is 40.6. The van der Waals surface area contributed by atoms with Gasteiger partial charge in [-0.2, -0.15) is 13.2 Å². The van der Waals surface area contributed by atoms with Gasteiger partial charge in [0.1, 0.15) is 4.90 Å². The van der Waals surface area contributed by atoms with E-state index in [2.05, 4.69) is 53.9 Å². The molecule has 3 fully saturated rings. The maximum absolute atomic E-state index is 14.3. The Morgan fingerprint density at radius 1 is 0.795 bits per heavy atom. The van der Waals surface area contributed by atoms with E-state index in [1.807, 2.05) is 53.3 Å². The first-order chi connectivity index (χ1) is 39.7. The normalized spacial score (nSPS) is 19.7. The molecule has 4 aliphatic rings. The highest BCUT2D eigenvalue weighted by Gasteiger charge is 2.49. The summed E-state index contributed by atoms with van der Waals surface area (Å²) in [6.07, 6.45) is 5.80. The molecule has 16 nitrogen and oxygen atoms in total. The van der Waals surface area contributed by atoms with Crippen molar-refractivity contribution in [1.29, 1.82) is 0 Å². The number of allylic oxidation sites excluding steroid dienone is 1. The van der Waals surface area contributed by atoms with Crippen LogP contribution in [0.25, 0.3) is 5.57 Å². The minimum atomic E-state index is -6.09. The van der Waals surface area contributed by atoms with E-state index >= 15 is 0 Å². The van der Waals surface area contributed by atoms with Gasteiger partial charge in [0.05, 0.1) is 35.6 Å². The molecule has 0 unspecified atom stereocenters. The molecule has 83 heavy (non-hydrogen) atoms. The molecular formula is C60H72ClF3N8O8S3. The predicted octanol–water partition coefficient (Wildman–Crippen LogP) is 9.20. The highest BCUT2D eigenvalue weighted by Crippen LogP contribution is 2.44. The smallest absolute Gasteiger partial charge is 0.465 e. The Hall–Kier alpha value is -5.56. The number of amides is 1. The molecular weight excluding hydrogens is 1150 g/mol. The van der Waals surface area contributed by atoms with Crippen LogP contribution >= 0.6 is 23.4 Å². The number of sulfone groups is 1. The summed E-state index contributed by atoms with van der Waals surface area (Å²) in [6, 6.07) is 29.5. The number of alkyl halides is 3. The number of rotatable bonds is 21. The number of ether oxygens (including phenoxy) is 2. The van der Waals surface area contributed by atoms with Crippen LogP contribution in [0, 0.1) is 5.41 Å². The number of benzene rings is 4. The van der Waals surface area contributed by atoms with Crippen molar-refractivity contribution in [2.75, 3.05) is 121 Å². The summed E-state index contributed by atoms with van der Waals surface area (Å²) in [7, 11) is -9.61. The third-order valence-corrected chi connectivity index (χ3v) is 20.2. The van der Waals surface area contributed by atoms with Crippen molar-refractivity contribution in [2.24, 2.45) is 5.41 Å². The first-order valence-corrected chi connectivity index (χ1v) is 32.4. The third kappa shape index (κ3) is 16.5. The molecule has 1 amide bonds. The molecule has 0 bridgehead atoms. The van der Waals surface area contributed by atoms with Crippen LogP contribution < -0.4 is 14.9 Å². The number of pyridine rings is 1. The van der Waals surface area contributed by atoms with E-state index in [9.17, 15) is 39.6 Å². The lowest BCUT2D eigenvalue weighted by Crippen LogP contribution is -2.50. The molecule has 0 saturated carbocycles. The molecule has 5 aromatic rings. The van der Waals surface area contributed by atoms with Crippen molar-refractivity contribution in [3.63, 3.8) is 0 Å². The van der Waals surface area contributed by atoms with E-state index in [4.69, 9.17) is 21.1 Å². The summed E-state index contributed by atoms with van der Waals surface area (Å²) in [5.74, 6) is -1.08. The van der Waals surface area contributed by atoms with Gasteiger partial charge in [-0.15, -0.1) is 11.8 Å². The summed E-state index contributed by atoms with van der Waals surface area (Å²) in [5, 5.41) is 3.71. The average Bonchev–Trinajstić information content (AvgIpc) is 3.70. The number of thioether (sulfide) groups is 1. The van der Waals surface area contributed by atoms with Crippen LogP contribution in [-0.4, -0.2) is 176 Å². The Morgan fingerprint density at radius 3 is 2.17 bits per heavy atom. The molecule has 446 valence electrons. The highest BCUT2D eigenvalue weighted by atomic mass is 35.5. The third-order valence-electron chi connectivity index (χ3n) is 16.0. The zero-order valence-corrected chi connectivity index (χ0v) is 50.0. The Bertz CT molecular complexity index is 3270. The quantitative estimate of drug-likeness (QED) is 0.0525. The van der Waals surface area contributed by atoms with Crippen molar-refractivity contribution in [2.45, 2.75) is 71.8 Å². The number of sulfonamides is 1. The van der Waals surface area contributed by atoms with E-state index in [1.54, 1.807) is 24.4 Å². The SMILES string of the molecule is COC(=O)c1ccc(CN2CCN(C[C@]3(C)CCC(c4ccc(Cl)cc4)=C(CN4CCN(c5ccc(C(=O)NS(=O)(=O)c6ccc(N[C@H](CCN7CCCOCC7)CSc7ccccc7)c(S(=O)(=O)C(F)(F)F)c6)cc5)CC4)C3)CC2)nc1. The first-order valence-electron chi connectivity index (χ1n) is 28.0. The van der Waals surface area contributed by atoms with E-state index in [1.165, 1.54) is 47.7 Å². The minimum Gasteiger partial charge on any atom is -0.465 e. The number of esters is 1. The van der Waals surface area contributed by atoms with Crippen LogP contribution in [0.1, 0.15) is 71.0 Å². The summed E-state index contributed by atoms with van der Waals surface area (Å²) < 4.78 is 109. The van der Waals surface area contributed by atoms with Crippen molar-refractivity contribution < 1.29 is 49.1 Å². The lowest BCUT2D eigenvalue weighted by molar-refractivity contribution is -0.0436. The van der Waals surface area contributed by atoms with Gasteiger partial charge in [-0.05, 0) is 128 Å². The molecule has 3 saturated heterocycles. The molecule has 1 aromatic heterocycles. The fraction of sp³-hybridized carbons (Fsp3) is 0.450. The molecule has 3 aliphatic heterocycles. The van der Waals surface area contributed by atoms with Crippen LogP contribution in [0.3, 0.4) is 0 Å². The van der Waals surface area contributed by atoms with Crippen LogP contribution in [0.2, 0.25) is 5.02 Å². The molecule has 4 aromatic carbocycles. The fourth-order valence-corrected chi connectivity index (χ4v) is 14.5. The Kier molecular flexibility index (Phi) is 20.6. The minimum absolute atomic E-state index is 0.0165. The number of aromatic nitrogens is 1. The number of carbonyl (C=O) groups is 2. The number of nitrogens with one attached hydrogen (secondary N) is 2. The van der Waals surface area contributed by atoms with Crippen molar-refractivity contribution in [1.82, 2.24) is 29.3 Å². The number of anilines is 2.